The maximum absolute atomic E-state index is 12.3. The maximum Gasteiger partial charge on any atom is 0.308 e. The normalized spacial score (nSPS) is 36.2. The van der Waals surface area contributed by atoms with Crippen molar-refractivity contribution in [1.29, 1.82) is 0 Å². The van der Waals surface area contributed by atoms with E-state index in [1.807, 2.05) is 41.5 Å². The molecule has 3 N–H and O–H groups in total. The Morgan fingerprint density at radius 1 is 1.15 bits per heavy atom. The fourth-order valence-corrected chi connectivity index (χ4v) is 7.09. The van der Waals surface area contributed by atoms with Crippen molar-refractivity contribution in [3.05, 3.63) is 47.5 Å². The van der Waals surface area contributed by atoms with Crippen LogP contribution in [-0.2, 0) is 42.8 Å². The number of rotatable bonds is 8. The lowest BCUT2D eigenvalue weighted by Gasteiger charge is -2.62. The number of fused-ring (bicyclic) bond motifs is 4. The molecule has 1 aromatic rings. The molecule has 0 aliphatic carbocycles. The first-order valence-electron chi connectivity index (χ1n) is 13.0. The lowest BCUT2D eigenvalue weighted by molar-refractivity contribution is -1.09. The highest BCUT2D eigenvalue weighted by molar-refractivity contribution is 8.00. The molecule has 0 saturated carbocycles. The van der Waals surface area contributed by atoms with Gasteiger partial charge < -0.3 is 39.6 Å². The Bertz CT molecular complexity index is 1160. The van der Waals surface area contributed by atoms with E-state index in [4.69, 9.17) is 39.6 Å². The van der Waals surface area contributed by atoms with Gasteiger partial charge in [0.05, 0.1) is 12.6 Å². The summed E-state index contributed by atoms with van der Waals surface area (Å²) in [4.78, 5) is 35.5. The van der Waals surface area contributed by atoms with Crippen LogP contribution in [0, 0.1) is 0 Å². The van der Waals surface area contributed by atoms with Gasteiger partial charge in [-0.05, 0) is 5.56 Å². The Hall–Kier alpha value is -2.88. The Balaban J connectivity index is 1.35. The van der Waals surface area contributed by atoms with Crippen molar-refractivity contribution in [2.75, 3.05) is 20.3 Å². The van der Waals surface area contributed by atoms with Gasteiger partial charge in [0.15, 0.2) is 0 Å². The van der Waals surface area contributed by atoms with Crippen molar-refractivity contribution in [2.24, 2.45) is 5.73 Å². The van der Waals surface area contributed by atoms with Crippen LogP contribution in [0.3, 0.4) is 0 Å². The first-order chi connectivity index (χ1) is 19.1. The van der Waals surface area contributed by atoms with Crippen LogP contribution in [0.5, 0.6) is 0 Å². The average Bonchev–Trinajstić information content (AvgIpc) is 3.31. The summed E-state index contributed by atoms with van der Waals surface area (Å²) in [6, 6.07) is 8.99. The van der Waals surface area contributed by atoms with E-state index >= 15 is 0 Å². The molecule has 0 bridgehead atoms. The molecule has 3 saturated heterocycles. The molecule has 4 aliphatic rings. The van der Waals surface area contributed by atoms with E-state index in [1.165, 1.54) is 39.6 Å². The number of methoxy groups -OCH3 is 1. The number of nitrogens with zero attached hydrogens (tertiary/aromatic N) is 2. The molecule has 0 aromatic heterocycles. The fraction of sp³-hybridized carbons (Fsp3) is 0.577. The van der Waals surface area contributed by atoms with Crippen LogP contribution in [-0.4, -0.2) is 90.2 Å². The zero-order valence-corrected chi connectivity index (χ0v) is 23.5. The number of thioether (sulfide) groups is 1. The lowest BCUT2D eigenvalue weighted by Crippen LogP contribution is -3.30. The van der Waals surface area contributed by atoms with Crippen molar-refractivity contribution in [1.82, 2.24) is 5.01 Å². The zero-order chi connectivity index (χ0) is 28.6. The monoisotopic (exact) mass is 578 g/mol. The summed E-state index contributed by atoms with van der Waals surface area (Å²) in [6.45, 7) is 4.11. The standard InChI is InChI=1S/C26H34N4O9S/c1-14(31)35-13-20-22(37-15(2)32)21(27)23(34-4)24(38-20)40-18-10-26(39-16(3)33)25(36-12-18)30-28-19(11-29(26)30)17-8-6-5-7-9-17/h5-9,11,18,20-25,30H,10,12-13,27H2,1-4H3. The van der Waals surface area contributed by atoms with E-state index in [-0.39, 0.29) is 11.9 Å². The second-order valence-corrected chi connectivity index (χ2v) is 11.4. The largest absolute Gasteiger partial charge is 0.463 e. The third-order valence-corrected chi connectivity index (χ3v) is 8.53. The molecule has 3 fully saturated rings. The number of quaternary nitrogens is 1. The average molecular weight is 579 g/mol. The number of carbonyl (C=O) groups excluding carboxylic acids is 3. The molecule has 5 rings (SSSR count). The van der Waals surface area contributed by atoms with Crippen LogP contribution in [0.4, 0.5) is 0 Å². The van der Waals surface area contributed by atoms with E-state index in [0.29, 0.717) is 18.1 Å². The molecule has 14 heteroatoms. The van der Waals surface area contributed by atoms with Gasteiger partial charge in [-0.1, -0.05) is 36.0 Å². The van der Waals surface area contributed by atoms with Crippen LogP contribution in [0.2, 0.25) is 0 Å². The predicted molar refractivity (Wildman–Crippen MR) is 140 cm³/mol. The second kappa shape index (κ2) is 11.5. The molecule has 0 spiro atoms. The van der Waals surface area contributed by atoms with E-state index in [0.717, 1.165) is 11.3 Å². The molecular formula is C26H34N4O9S. The van der Waals surface area contributed by atoms with Crippen LogP contribution in [0.15, 0.2) is 36.5 Å². The number of nitrogens with two attached hydrogens (primary N) is 1. The molecule has 40 heavy (non-hydrogen) atoms. The highest BCUT2D eigenvalue weighted by Crippen LogP contribution is 2.45. The predicted octanol–water partition coefficient (Wildman–Crippen LogP) is 0.0724. The van der Waals surface area contributed by atoms with Gasteiger partial charge >= 0.3 is 23.6 Å². The molecule has 9 unspecified atom stereocenters. The van der Waals surface area contributed by atoms with Gasteiger partial charge in [-0.15, -0.1) is 11.8 Å². The highest BCUT2D eigenvalue weighted by atomic mass is 32.2. The molecule has 4 aliphatic heterocycles. The molecule has 1 aromatic carbocycles. The van der Waals surface area contributed by atoms with Gasteiger partial charge in [0.2, 0.25) is 0 Å². The minimum absolute atomic E-state index is 0.143. The number of hydrogen-bond acceptors (Lipinski definition) is 12. The van der Waals surface area contributed by atoms with E-state index in [9.17, 15) is 14.4 Å². The Morgan fingerprint density at radius 3 is 2.55 bits per heavy atom. The molecule has 218 valence electrons. The molecule has 4 heterocycles. The van der Waals surface area contributed by atoms with Gasteiger partial charge in [-0.2, -0.15) is 5.01 Å². The smallest absolute Gasteiger partial charge is 0.308 e. The van der Waals surface area contributed by atoms with Crippen LogP contribution in [0.25, 0.3) is 11.1 Å². The summed E-state index contributed by atoms with van der Waals surface area (Å²) in [6.07, 6.45) is -0.542. The first kappa shape index (κ1) is 28.6. The lowest BCUT2D eigenvalue weighted by atomic mass is 9.97. The maximum atomic E-state index is 12.3. The number of benzene rings is 1. The summed E-state index contributed by atoms with van der Waals surface area (Å²) in [7, 11) is 1.50. The summed E-state index contributed by atoms with van der Waals surface area (Å²) in [5.74, 6) is -1.47. The molecule has 0 amide bonds. The number of ether oxygens (including phenoxy) is 6. The minimum Gasteiger partial charge on any atom is -0.463 e. The molecular weight excluding hydrogens is 544 g/mol. The summed E-state index contributed by atoms with van der Waals surface area (Å²) in [5, 5.41) is 2.37. The van der Waals surface area contributed by atoms with Gasteiger partial charge in [0, 0.05) is 45.8 Å². The summed E-state index contributed by atoms with van der Waals surface area (Å²) >= 11 is 1.42. The zero-order valence-electron chi connectivity index (χ0n) is 22.7. The van der Waals surface area contributed by atoms with Crippen molar-refractivity contribution in [3.8, 4) is 0 Å². The van der Waals surface area contributed by atoms with Gasteiger partial charge in [0.1, 0.15) is 30.4 Å². The van der Waals surface area contributed by atoms with Crippen molar-refractivity contribution >= 4 is 35.4 Å². The van der Waals surface area contributed by atoms with E-state index in [1.54, 1.807) is 0 Å². The first-order valence-corrected chi connectivity index (χ1v) is 13.9. The quantitative estimate of drug-likeness (QED) is 0.317. The minimum atomic E-state index is -1.06. The third kappa shape index (κ3) is 5.39. The molecule has 0 radical (unpaired) electrons. The van der Waals surface area contributed by atoms with E-state index in [2.05, 4.69) is 0 Å². The van der Waals surface area contributed by atoms with Crippen molar-refractivity contribution in [3.63, 3.8) is 0 Å². The molecule has 13 nitrogen and oxygen atoms in total. The summed E-state index contributed by atoms with van der Waals surface area (Å²) in [5.41, 5.74) is 11.3. The van der Waals surface area contributed by atoms with Gasteiger partial charge in [-0.25, -0.2) is 5.12 Å². The van der Waals surface area contributed by atoms with Crippen molar-refractivity contribution in [2.45, 2.75) is 74.2 Å². The van der Waals surface area contributed by atoms with Gasteiger partial charge in [-0.3, -0.25) is 14.4 Å². The fourth-order valence-electron chi connectivity index (χ4n) is 5.56. The van der Waals surface area contributed by atoms with Crippen LogP contribution < -0.4 is 10.9 Å². The topological polar surface area (TPSA) is 154 Å². The molecule has 9 atom stereocenters. The Kier molecular flexibility index (Phi) is 8.27. The number of nitrogens with one attached hydrogen (secondary N) is 1. The number of hydrogen-bond donors (Lipinski definition) is 2. The number of esters is 3. The second-order valence-electron chi connectivity index (χ2n) is 10.0. The van der Waals surface area contributed by atoms with Gasteiger partial charge in [0.25, 0.3) is 6.23 Å². The third-order valence-electron chi connectivity index (χ3n) is 7.20. The van der Waals surface area contributed by atoms with Crippen LogP contribution in [0.1, 0.15) is 32.8 Å². The van der Waals surface area contributed by atoms with Crippen LogP contribution >= 0.6 is 11.8 Å². The highest BCUT2D eigenvalue weighted by Gasteiger charge is 2.70. The summed E-state index contributed by atoms with van der Waals surface area (Å²) < 4.78 is 34.7. The number of carbonyl (C=O) groups is 3. The Morgan fingerprint density at radius 2 is 1.90 bits per heavy atom. The van der Waals surface area contributed by atoms with Crippen molar-refractivity contribution < 1.29 is 47.9 Å². The Labute approximate surface area is 236 Å². The van der Waals surface area contributed by atoms with E-state index < -0.39 is 59.7 Å². The SMILES string of the molecule is COC1C(SC2COC3[NH+]4[N-]C(c5ccccc5)=CN4C3(OC(C)=O)C2)OC(COC(C)=O)C(OC(C)=O)C1N.